The molecular formula is C14H17ClN4O4. The molecular weight excluding hydrogens is 324 g/mol. The van der Waals surface area contributed by atoms with Gasteiger partial charge in [-0.25, -0.2) is 4.79 Å². The summed E-state index contributed by atoms with van der Waals surface area (Å²) < 4.78 is 4.47. The Labute approximate surface area is 138 Å². The molecule has 0 bridgehead atoms. The second-order valence-corrected chi connectivity index (χ2v) is 5.01. The molecule has 1 fully saturated rings. The number of carbonyl (C=O) groups is 3. The summed E-state index contributed by atoms with van der Waals surface area (Å²) in [6, 6.07) is 5.73. The Balaban J connectivity index is 0.00000264. The summed E-state index contributed by atoms with van der Waals surface area (Å²) in [5.74, 6) is -1.32. The second kappa shape index (κ2) is 6.66. The Bertz CT molecular complexity index is 661. The number of benzene rings is 1. The summed E-state index contributed by atoms with van der Waals surface area (Å²) >= 11 is 0. The van der Waals surface area contributed by atoms with E-state index in [4.69, 9.17) is 11.1 Å². The van der Waals surface area contributed by atoms with Gasteiger partial charge in [0, 0.05) is 5.56 Å². The van der Waals surface area contributed by atoms with Crippen LogP contribution >= 0.6 is 12.4 Å². The number of hydrogen-bond donors (Lipinski definition) is 3. The summed E-state index contributed by atoms with van der Waals surface area (Å²) in [7, 11) is 1.18. The Morgan fingerprint density at radius 3 is 2.39 bits per heavy atom. The minimum absolute atomic E-state index is 0. The van der Waals surface area contributed by atoms with Gasteiger partial charge in [0.2, 0.25) is 0 Å². The van der Waals surface area contributed by atoms with Crippen molar-refractivity contribution in [3.63, 3.8) is 0 Å². The first kappa shape index (κ1) is 18.4. The van der Waals surface area contributed by atoms with Crippen LogP contribution in [0.25, 0.3) is 0 Å². The van der Waals surface area contributed by atoms with Gasteiger partial charge < -0.3 is 15.8 Å². The number of ether oxygens (including phenoxy) is 1. The van der Waals surface area contributed by atoms with Crippen LogP contribution in [0, 0.1) is 5.41 Å². The van der Waals surface area contributed by atoms with Crippen LogP contribution < -0.4 is 11.1 Å². The highest BCUT2D eigenvalue weighted by molar-refractivity contribution is 6.09. The van der Waals surface area contributed by atoms with Gasteiger partial charge in [-0.1, -0.05) is 24.3 Å². The summed E-state index contributed by atoms with van der Waals surface area (Å²) in [6.45, 7) is 1.11. The number of hydrogen-bond acceptors (Lipinski definition) is 5. The summed E-state index contributed by atoms with van der Waals surface area (Å²) in [6.07, 6.45) is 0. The first-order valence-corrected chi connectivity index (χ1v) is 6.45. The van der Waals surface area contributed by atoms with Gasteiger partial charge in [0.15, 0.2) is 0 Å². The summed E-state index contributed by atoms with van der Waals surface area (Å²) in [5.41, 5.74) is 5.14. The molecule has 0 aliphatic carbocycles. The van der Waals surface area contributed by atoms with Crippen LogP contribution in [0.5, 0.6) is 0 Å². The molecule has 1 aromatic carbocycles. The largest absolute Gasteiger partial charge is 0.468 e. The Kier molecular flexibility index (Phi) is 5.34. The predicted molar refractivity (Wildman–Crippen MR) is 84.3 cm³/mol. The number of nitrogen functional groups attached to an aromatic ring is 1. The van der Waals surface area contributed by atoms with Gasteiger partial charge in [-0.05, 0) is 12.5 Å². The molecule has 23 heavy (non-hydrogen) atoms. The minimum atomic E-state index is -1.28. The van der Waals surface area contributed by atoms with Crippen LogP contribution in [-0.4, -0.2) is 42.3 Å². The quantitative estimate of drug-likeness (QED) is 0.315. The van der Waals surface area contributed by atoms with Crippen molar-refractivity contribution in [1.82, 2.24) is 10.2 Å². The number of amidine groups is 1. The number of imide groups is 1. The van der Waals surface area contributed by atoms with Gasteiger partial charge in [-0.2, -0.15) is 0 Å². The fourth-order valence-corrected chi connectivity index (χ4v) is 2.21. The number of methoxy groups -OCH3 is 1. The molecule has 0 unspecified atom stereocenters. The van der Waals surface area contributed by atoms with E-state index in [1.807, 2.05) is 0 Å². The summed E-state index contributed by atoms with van der Waals surface area (Å²) in [5, 5.41) is 9.92. The zero-order valence-corrected chi connectivity index (χ0v) is 13.4. The van der Waals surface area contributed by atoms with Crippen molar-refractivity contribution in [1.29, 1.82) is 5.41 Å². The van der Waals surface area contributed by atoms with E-state index >= 15 is 0 Å². The van der Waals surface area contributed by atoms with Crippen molar-refractivity contribution >= 4 is 36.2 Å². The lowest BCUT2D eigenvalue weighted by atomic mass is 9.91. The van der Waals surface area contributed by atoms with Gasteiger partial charge in [0.1, 0.15) is 17.9 Å². The van der Waals surface area contributed by atoms with E-state index in [-0.39, 0.29) is 18.2 Å². The number of halogens is 1. The zero-order valence-electron chi connectivity index (χ0n) is 12.6. The lowest BCUT2D eigenvalue weighted by Crippen LogP contribution is -2.41. The highest BCUT2D eigenvalue weighted by Gasteiger charge is 2.49. The standard InChI is InChI=1S/C14H16N4O4.ClH/c1-14(9-5-3-8(4-6-9)11(15)16)12(20)18(13(21)17-14)7-10(19)22-2;/h3-6H,7H2,1-2H3,(H3,15,16)(H,17,21);1H/t14-;/m0./s1. The first-order chi connectivity index (χ1) is 10.3. The van der Waals surface area contributed by atoms with Crippen LogP contribution in [0.1, 0.15) is 18.1 Å². The average molecular weight is 341 g/mol. The Morgan fingerprint density at radius 1 is 1.35 bits per heavy atom. The SMILES string of the molecule is COC(=O)CN1C(=O)N[C@@](C)(c2ccc(C(=N)N)cc2)C1=O.Cl. The van der Waals surface area contributed by atoms with Crippen molar-refractivity contribution in [2.24, 2.45) is 5.73 Å². The molecule has 1 aromatic rings. The fourth-order valence-electron chi connectivity index (χ4n) is 2.21. The monoisotopic (exact) mass is 340 g/mol. The van der Waals surface area contributed by atoms with Crippen molar-refractivity contribution in [2.45, 2.75) is 12.5 Å². The molecule has 8 nitrogen and oxygen atoms in total. The molecule has 1 aliphatic rings. The molecule has 2 rings (SSSR count). The number of nitrogens with two attached hydrogens (primary N) is 1. The van der Waals surface area contributed by atoms with Gasteiger partial charge in [-0.3, -0.25) is 19.9 Å². The molecule has 3 amide bonds. The van der Waals surface area contributed by atoms with E-state index in [9.17, 15) is 14.4 Å². The number of nitrogens with one attached hydrogen (secondary N) is 2. The molecule has 0 radical (unpaired) electrons. The number of nitrogens with zero attached hydrogens (tertiary/aromatic N) is 1. The number of rotatable bonds is 4. The van der Waals surface area contributed by atoms with E-state index in [2.05, 4.69) is 10.1 Å². The number of carbonyl (C=O) groups excluding carboxylic acids is 3. The van der Waals surface area contributed by atoms with E-state index in [1.165, 1.54) is 7.11 Å². The van der Waals surface area contributed by atoms with E-state index in [0.717, 1.165) is 4.90 Å². The molecule has 4 N–H and O–H groups in total. The van der Waals surface area contributed by atoms with Gasteiger partial charge in [0.25, 0.3) is 5.91 Å². The fraction of sp³-hybridized carbons (Fsp3) is 0.286. The molecule has 1 heterocycles. The summed E-state index contributed by atoms with van der Waals surface area (Å²) in [4.78, 5) is 36.5. The number of amides is 3. The molecule has 1 atom stereocenters. The minimum Gasteiger partial charge on any atom is -0.468 e. The smallest absolute Gasteiger partial charge is 0.325 e. The second-order valence-electron chi connectivity index (χ2n) is 5.01. The van der Waals surface area contributed by atoms with Crippen molar-refractivity contribution in [2.75, 3.05) is 13.7 Å². The third-order valence-electron chi connectivity index (χ3n) is 3.56. The molecule has 1 saturated heterocycles. The maximum atomic E-state index is 12.5. The third kappa shape index (κ3) is 3.26. The van der Waals surface area contributed by atoms with E-state index in [0.29, 0.717) is 11.1 Å². The maximum absolute atomic E-state index is 12.5. The van der Waals surface area contributed by atoms with Crippen molar-refractivity contribution < 1.29 is 19.1 Å². The van der Waals surface area contributed by atoms with Gasteiger partial charge >= 0.3 is 12.0 Å². The lowest BCUT2D eigenvalue weighted by molar-refractivity contribution is -0.145. The maximum Gasteiger partial charge on any atom is 0.325 e. The lowest BCUT2D eigenvalue weighted by Gasteiger charge is -2.22. The Morgan fingerprint density at radius 2 is 1.91 bits per heavy atom. The number of esters is 1. The van der Waals surface area contributed by atoms with Gasteiger partial charge in [-0.15, -0.1) is 12.4 Å². The highest BCUT2D eigenvalue weighted by Crippen LogP contribution is 2.28. The molecule has 9 heteroatoms. The van der Waals surface area contributed by atoms with Crippen LogP contribution in [0.2, 0.25) is 0 Å². The third-order valence-corrected chi connectivity index (χ3v) is 3.56. The highest BCUT2D eigenvalue weighted by atomic mass is 35.5. The zero-order chi connectivity index (χ0) is 16.5. The van der Waals surface area contributed by atoms with Crippen LogP contribution in [-0.2, 0) is 19.9 Å². The molecule has 1 aliphatic heterocycles. The predicted octanol–water partition coefficient (Wildman–Crippen LogP) is 0.332. The van der Waals surface area contributed by atoms with E-state index < -0.39 is 30.0 Å². The Hall–Kier alpha value is -2.61. The van der Waals surface area contributed by atoms with Crippen LogP contribution in [0.3, 0.4) is 0 Å². The van der Waals surface area contributed by atoms with E-state index in [1.54, 1.807) is 31.2 Å². The van der Waals surface area contributed by atoms with Crippen molar-refractivity contribution in [3.05, 3.63) is 35.4 Å². The molecule has 0 spiro atoms. The van der Waals surface area contributed by atoms with Gasteiger partial charge in [0.05, 0.1) is 7.11 Å². The molecule has 124 valence electrons. The average Bonchev–Trinajstić information content (AvgIpc) is 2.71. The number of urea groups is 1. The van der Waals surface area contributed by atoms with Crippen LogP contribution in [0.4, 0.5) is 4.79 Å². The normalized spacial score (nSPS) is 19.8. The molecule has 0 aromatic heterocycles. The van der Waals surface area contributed by atoms with Crippen molar-refractivity contribution in [3.8, 4) is 0 Å². The first-order valence-electron chi connectivity index (χ1n) is 6.45. The topological polar surface area (TPSA) is 126 Å². The van der Waals surface area contributed by atoms with Crippen LogP contribution in [0.15, 0.2) is 24.3 Å². The molecule has 0 saturated carbocycles.